The molecule has 188 valence electrons. The molecule has 0 spiro atoms. The first-order chi connectivity index (χ1) is 16.2. The molecule has 0 saturated heterocycles. The van der Waals surface area contributed by atoms with Crippen molar-refractivity contribution in [3.63, 3.8) is 0 Å². The number of fused-ring (bicyclic) bond motifs is 5. The van der Waals surface area contributed by atoms with Crippen molar-refractivity contribution >= 4 is 9.84 Å². The zero-order valence-electron chi connectivity index (χ0n) is 21.4. The molecule has 5 rings (SSSR count). The molecule has 4 aliphatic carbocycles. The van der Waals surface area contributed by atoms with E-state index in [1.54, 1.807) is 17.7 Å². The Kier molecular flexibility index (Phi) is 6.55. The third kappa shape index (κ3) is 4.21. The minimum Gasteiger partial charge on any atom is -0.390 e. The van der Waals surface area contributed by atoms with E-state index in [1.807, 2.05) is 18.2 Å². The summed E-state index contributed by atoms with van der Waals surface area (Å²) in [7, 11) is -3.21. The maximum absolute atomic E-state index is 12.9. The van der Waals surface area contributed by atoms with Crippen LogP contribution in [0.15, 0.2) is 46.9 Å². The zero-order valence-corrected chi connectivity index (χ0v) is 22.2. The summed E-state index contributed by atoms with van der Waals surface area (Å²) >= 11 is 0. The van der Waals surface area contributed by atoms with Gasteiger partial charge in [-0.05, 0) is 117 Å². The monoisotopic (exact) mass is 484 g/mol. The van der Waals surface area contributed by atoms with Crippen molar-refractivity contribution in [3.05, 3.63) is 42.0 Å². The predicted octanol–water partition coefficient (Wildman–Crippen LogP) is 6.82. The van der Waals surface area contributed by atoms with Gasteiger partial charge in [-0.2, -0.15) is 0 Å². The van der Waals surface area contributed by atoms with E-state index in [2.05, 4.69) is 26.8 Å². The Bertz CT molecular complexity index is 1010. The fourth-order valence-corrected chi connectivity index (χ4v) is 10.4. The lowest BCUT2D eigenvalue weighted by Crippen LogP contribution is -2.48. The van der Waals surface area contributed by atoms with Gasteiger partial charge in [0.1, 0.15) is 0 Å². The first-order valence-corrected chi connectivity index (χ1v) is 15.5. The Morgan fingerprint density at radius 3 is 2.56 bits per heavy atom. The SMILES string of the molecule is CC[C@]1(O)CC[C@H]2C(=CC[C@@H]3C2CC[C@@]2(C)C3CC[C@@H]2[C@H](C)CCS(=O)(=O)c2ccccc2)C1. The second kappa shape index (κ2) is 9.07. The van der Waals surface area contributed by atoms with Crippen LogP contribution in [0.2, 0.25) is 0 Å². The molecule has 8 atom stereocenters. The smallest absolute Gasteiger partial charge is 0.178 e. The lowest BCUT2D eigenvalue weighted by atomic mass is 9.50. The van der Waals surface area contributed by atoms with Gasteiger partial charge in [-0.3, -0.25) is 0 Å². The van der Waals surface area contributed by atoms with Gasteiger partial charge in [-0.15, -0.1) is 0 Å². The highest BCUT2D eigenvalue weighted by Gasteiger charge is 2.57. The van der Waals surface area contributed by atoms with Crippen molar-refractivity contribution in [2.45, 2.75) is 95.5 Å². The molecule has 0 heterocycles. The molecule has 1 N–H and O–H groups in total. The molecular formula is C30H44O3S. The van der Waals surface area contributed by atoms with Crippen LogP contribution in [0.3, 0.4) is 0 Å². The summed E-state index contributed by atoms with van der Waals surface area (Å²) in [6.45, 7) is 6.99. The predicted molar refractivity (Wildman–Crippen MR) is 138 cm³/mol. The fourth-order valence-electron chi connectivity index (χ4n) is 8.93. The maximum Gasteiger partial charge on any atom is 0.178 e. The van der Waals surface area contributed by atoms with Gasteiger partial charge in [-0.1, -0.05) is 50.6 Å². The Balaban J connectivity index is 1.27. The minimum atomic E-state index is -3.21. The van der Waals surface area contributed by atoms with E-state index in [4.69, 9.17) is 0 Å². The third-order valence-corrected chi connectivity index (χ3v) is 12.7. The Labute approximate surface area is 207 Å². The normalized spacial score (nSPS) is 40.6. The summed E-state index contributed by atoms with van der Waals surface area (Å²) in [6.07, 6.45) is 13.6. The van der Waals surface area contributed by atoms with E-state index in [9.17, 15) is 13.5 Å². The van der Waals surface area contributed by atoms with E-state index in [-0.39, 0.29) is 5.75 Å². The molecule has 0 aromatic heterocycles. The van der Waals surface area contributed by atoms with Crippen molar-refractivity contribution in [2.24, 2.45) is 40.9 Å². The molecule has 4 heteroatoms. The molecule has 0 bridgehead atoms. The summed E-state index contributed by atoms with van der Waals surface area (Å²) < 4.78 is 25.8. The summed E-state index contributed by atoms with van der Waals surface area (Å²) in [4.78, 5) is 0.463. The van der Waals surface area contributed by atoms with Gasteiger partial charge >= 0.3 is 0 Å². The van der Waals surface area contributed by atoms with E-state index < -0.39 is 15.4 Å². The van der Waals surface area contributed by atoms with Gasteiger partial charge in [0.05, 0.1) is 16.2 Å². The molecule has 0 radical (unpaired) electrons. The van der Waals surface area contributed by atoms with Crippen molar-refractivity contribution in [1.82, 2.24) is 0 Å². The average molecular weight is 485 g/mol. The van der Waals surface area contributed by atoms with Gasteiger partial charge in [0.2, 0.25) is 0 Å². The molecule has 1 aromatic carbocycles. The number of rotatable bonds is 6. The summed E-state index contributed by atoms with van der Waals surface area (Å²) in [6, 6.07) is 8.96. The first kappa shape index (κ1) is 24.6. The Morgan fingerprint density at radius 1 is 1.06 bits per heavy atom. The third-order valence-electron chi connectivity index (χ3n) is 11.0. The molecule has 0 amide bonds. The van der Waals surface area contributed by atoms with E-state index in [0.717, 1.165) is 49.9 Å². The Morgan fingerprint density at radius 2 is 1.82 bits per heavy atom. The number of sulfone groups is 1. The second-order valence-electron chi connectivity index (χ2n) is 12.5. The van der Waals surface area contributed by atoms with Gasteiger partial charge in [0.25, 0.3) is 0 Å². The van der Waals surface area contributed by atoms with Crippen LogP contribution in [0.25, 0.3) is 0 Å². The summed E-state index contributed by atoms with van der Waals surface area (Å²) in [5, 5.41) is 10.9. The van der Waals surface area contributed by atoms with Gasteiger partial charge < -0.3 is 5.11 Å². The van der Waals surface area contributed by atoms with E-state index >= 15 is 0 Å². The molecular weight excluding hydrogens is 440 g/mol. The zero-order chi connectivity index (χ0) is 24.1. The topological polar surface area (TPSA) is 54.4 Å². The molecule has 4 aliphatic rings. The van der Waals surface area contributed by atoms with Crippen molar-refractivity contribution in [2.75, 3.05) is 5.75 Å². The highest BCUT2D eigenvalue weighted by atomic mass is 32.2. The van der Waals surface area contributed by atoms with Crippen LogP contribution in [0.1, 0.15) is 85.0 Å². The minimum absolute atomic E-state index is 0.260. The summed E-state index contributed by atoms with van der Waals surface area (Å²) in [5.41, 5.74) is 1.45. The standard InChI is InChI=1S/C30H44O3S/c1-4-30(31)18-15-24-22(20-30)10-11-26-25(24)14-17-29(3)27(12-13-28(26)29)21(2)16-19-34(32,33)23-8-6-5-7-9-23/h5-10,21,24-28,31H,4,11-20H2,1-3H3/t21-,24+,25?,26-,27-,28?,29-,30+/m1/s1. The molecule has 2 unspecified atom stereocenters. The van der Waals surface area contributed by atoms with Crippen LogP contribution in [0.4, 0.5) is 0 Å². The van der Waals surface area contributed by atoms with Crippen LogP contribution >= 0.6 is 0 Å². The van der Waals surface area contributed by atoms with Crippen LogP contribution < -0.4 is 0 Å². The molecule has 0 aliphatic heterocycles. The van der Waals surface area contributed by atoms with Gasteiger partial charge in [0, 0.05) is 0 Å². The highest BCUT2D eigenvalue weighted by molar-refractivity contribution is 7.91. The van der Waals surface area contributed by atoms with Crippen LogP contribution in [0.5, 0.6) is 0 Å². The average Bonchev–Trinajstić information content (AvgIpc) is 3.20. The number of hydrogen-bond donors (Lipinski definition) is 1. The largest absolute Gasteiger partial charge is 0.390 e. The number of hydrogen-bond acceptors (Lipinski definition) is 3. The van der Waals surface area contributed by atoms with Crippen molar-refractivity contribution in [1.29, 1.82) is 0 Å². The maximum atomic E-state index is 12.9. The molecule has 3 saturated carbocycles. The van der Waals surface area contributed by atoms with Crippen molar-refractivity contribution < 1.29 is 13.5 Å². The molecule has 1 aromatic rings. The van der Waals surface area contributed by atoms with Crippen LogP contribution in [-0.2, 0) is 9.84 Å². The number of allylic oxidation sites excluding steroid dienone is 1. The van der Waals surface area contributed by atoms with Gasteiger partial charge in [0.15, 0.2) is 9.84 Å². The first-order valence-electron chi connectivity index (χ1n) is 13.9. The number of aliphatic hydroxyl groups is 1. The lowest BCUT2D eigenvalue weighted by molar-refractivity contribution is -0.0456. The molecule has 34 heavy (non-hydrogen) atoms. The van der Waals surface area contributed by atoms with E-state index in [1.165, 1.54) is 32.1 Å². The van der Waals surface area contributed by atoms with Crippen molar-refractivity contribution in [3.8, 4) is 0 Å². The highest BCUT2D eigenvalue weighted by Crippen LogP contribution is 2.65. The van der Waals surface area contributed by atoms with Gasteiger partial charge in [-0.25, -0.2) is 8.42 Å². The summed E-state index contributed by atoms with van der Waals surface area (Å²) in [5.74, 6) is 4.38. The lowest BCUT2D eigenvalue weighted by Gasteiger charge is -2.55. The van der Waals surface area contributed by atoms with E-state index in [0.29, 0.717) is 28.1 Å². The fraction of sp³-hybridized carbons (Fsp3) is 0.733. The quantitative estimate of drug-likeness (QED) is 0.451. The second-order valence-corrected chi connectivity index (χ2v) is 14.6. The molecule has 3 fully saturated rings. The Hall–Kier alpha value is -1.13. The molecule has 3 nitrogen and oxygen atoms in total. The van der Waals surface area contributed by atoms with Crippen LogP contribution in [0, 0.1) is 40.9 Å². The number of benzene rings is 1. The van der Waals surface area contributed by atoms with Crippen LogP contribution in [-0.4, -0.2) is 24.9 Å².